The van der Waals surface area contributed by atoms with Crippen molar-refractivity contribution >= 4 is 11.7 Å². The highest BCUT2D eigenvalue weighted by atomic mass is 19.4. The number of ether oxygens (including phenoxy) is 2. The maximum atomic E-state index is 13.8. The summed E-state index contributed by atoms with van der Waals surface area (Å²) in [4.78, 5) is 20.7. The van der Waals surface area contributed by atoms with Gasteiger partial charge in [0.2, 0.25) is 5.91 Å². The Hall–Kier alpha value is -4.47. The third-order valence-corrected chi connectivity index (χ3v) is 8.24. The molecule has 7 nitrogen and oxygen atoms in total. The molecule has 1 amide bonds. The lowest BCUT2D eigenvalue weighted by molar-refractivity contribution is -0.137. The van der Waals surface area contributed by atoms with Gasteiger partial charge >= 0.3 is 6.18 Å². The number of halogens is 3. The molecule has 0 bridgehead atoms. The lowest BCUT2D eigenvalue weighted by atomic mass is 9.73. The molecule has 2 heterocycles. The molecule has 1 saturated heterocycles. The molecule has 226 valence electrons. The number of benzene rings is 3. The van der Waals surface area contributed by atoms with Crippen molar-refractivity contribution in [3.63, 3.8) is 0 Å². The lowest BCUT2D eigenvalue weighted by Gasteiger charge is -2.41. The number of hydrogen-bond acceptors (Lipinski definition) is 6. The van der Waals surface area contributed by atoms with Crippen molar-refractivity contribution < 1.29 is 27.4 Å². The van der Waals surface area contributed by atoms with E-state index in [4.69, 9.17) is 20.2 Å². The van der Waals surface area contributed by atoms with Crippen LogP contribution in [0, 0.1) is 5.41 Å². The summed E-state index contributed by atoms with van der Waals surface area (Å²) in [5, 5.41) is 2.94. The topological polar surface area (TPSA) is 89.2 Å². The molecule has 3 aromatic carbocycles. The zero-order valence-corrected chi connectivity index (χ0v) is 24.2. The molecule has 0 aromatic heterocycles. The number of carbonyl (C=O) groups is 1. The van der Waals surface area contributed by atoms with E-state index in [-0.39, 0.29) is 12.5 Å². The zero-order valence-electron chi connectivity index (χ0n) is 24.2. The molecule has 5 rings (SSSR count). The molecule has 1 fully saturated rings. The van der Waals surface area contributed by atoms with E-state index in [0.29, 0.717) is 61.7 Å². The Labute approximate surface area is 249 Å². The number of rotatable bonds is 8. The van der Waals surface area contributed by atoms with Crippen LogP contribution in [-0.2, 0) is 30.4 Å². The molecule has 0 radical (unpaired) electrons. The highest BCUT2D eigenvalue weighted by Crippen LogP contribution is 2.38. The molecule has 0 saturated carbocycles. The maximum Gasteiger partial charge on any atom is 0.416 e. The van der Waals surface area contributed by atoms with Crippen molar-refractivity contribution in [2.45, 2.75) is 38.4 Å². The first-order valence-corrected chi connectivity index (χ1v) is 14.1. The van der Waals surface area contributed by atoms with E-state index in [9.17, 15) is 18.0 Å². The monoisotopic (exact) mass is 592 g/mol. The standard InChI is InChI=1S/C33H35F3N4O3/c1-42-27-18-24-11-12-29(39-30(37)26(24)19-28(27)43-2)40-15-13-32(14-16-40,20-22-7-4-3-5-8-22)31(41)38-21-23-9-6-10-25(17-23)33(34,35)36/h3-10,12,17-19H,11,13-16,20-21H2,1-2H3,(H2,37,39)(H,38,41). The minimum atomic E-state index is -4.44. The predicted molar refractivity (Wildman–Crippen MR) is 159 cm³/mol. The summed E-state index contributed by atoms with van der Waals surface area (Å²) in [6.07, 6.45) is -0.221. The smallest absolute Gasteiger partial charge is 0.416 e. The number of allylic oxidation sites excluding steroid dienone is 1. The van der Waals surface area contributed by atoms with Crippen LogP contribution in [0.5, 0.6) is 11.5 Å². The van der Waals surface area contributed by atoms with E-state index in [1.165, 1.54) is 6.07 Å². The number of amidine groups is 1. The van der Waals surface area contributed by atoms with Crippen molar-refractivity contribution in [1.82, 2.24) is 10.2 Å². The number of piperidine rings is 1. The number of fused-ring (bicyclic) bond motifs is 1. The van der Waals surface area contributed by atoms with Gasteiger partial charge in [-0.2, -0.15) is 13.2 Å². The van der Waals surface area contributed by atoms with Crippen LogP contribution in [0.2, 0.25) is 0 Å². The molecule has 0 spiro atoms. The van der Waals surface area contributed by atoms with E-state index in [1.807, 2.05) is 48.5 Å². The average molecular weight is 593 g/mol. The first kappa shape index (κ1) is 30.0. The highest BCUT2D eigenvalue weighted by Gasteiger charge is 2.42. The molecule has 2 aliphatic rings. The Kier molecular flexibility index (Phi) is 8.66. The van der Waals surface area contributed by atoms with Gasteiger partial charge in [-0.25, -0.2) is 4.99 Å². The first-order valence-electron chi connectivity index (χ1n) is 14.1. The summed E-state index contributed by atoms with van der Waals surface area (Å²) in [6, 6.07) is 18.6. The number of carbonyl (C=O) groups excluding carboxylic acids is 1. The second kappa shape index (κ2) is 12.4. The number of nitrogens with two attached hydrogens (primary N) is 1. The molecule has 3 aromatic rings. The minimum Gasteiger partial charge on any atom is -0.493 e. The van der Waals surface area contributed by atoms with Crippen molar-refractivity contribution in [1.29, 1.82) is 0 Å². The van der Waals surface area contributed by atoms with Crippen LogP contribution in [0.25, 0.3) is 0 Å². The van der Waals surface area contributed by atoms with Gasteiger partial charge in [0.15, 0.2) is 11.5 Å². The fourth-order valence-corrected chi connectivity index (χ4v) is 5.82. The number of amides is 1. The predicted octanol–water partition coefficient (Wildman–Crippen LogP) is 5.47. The molecular formula is C33H35F3N4O3. The summed E-state index contributed by atoms with van der Waals surface area (Å²) in [7, 11) is 3.16. The molecule has 0 unspecified atom stereocenters. The Morgan fingerprint density at radius 3 is 2.33 bits per heavy atom. The average Bonchev–Trinajstić information content (AvgIpc) is 3.17. The zero-order chi connectivity index (χ0) is 30.6. The van der Waals surface area contributed by atoms with Crippen molar-refractivity contribution in [2.75, 3.05) is 27.3 Å². The molecule has 0 atom stereocenters. The van der Waals surface area contributed by atoms with Crippen LogP contribution in [0.15, 0.2) is 83.6 Å². The number of alkyl halides is 3. The molecule has 0 aliphatic carbocycles. The number of aliphatic imine (C=N–C) groups is 1. The van der Waals surface area contributed by atoms with E-state index in [2.05, 4.69) is 10.2 Å². The lowest BCUT2D eigenvalue weighted by Crippen LogP contribution is -2.49. The van der Waals surface area contributed by atoms with E-state index < -0.39 is 17.2 Å². The SMILES string of the molecule is COc1cc2c(cc1OC)C(N)=NC(N1CCC(Cc3ccccc3)(C(=O)NCc3cccc(C(F)(F)F)c3)CC1)=CC2. The van der Waals surface area contributed by atoms with Gasteiger partial charge in [0.25, 0.3) is 0 Å². The van der Waals surface area contributed by atoms with Gasteiger partial charge in [-0.3, -0.25) is 4.79 Å². The Morgan fingerprint density at radius 1 is 0.977 bits per heavy atom. The van der Waals surface area contributed by atoms with Gasteiger partial charge in [0.05, 0.1) is 25.2 Å². The number of nitrogens with zero attached hydrogens (tertiary/aromatic N) is 2. The Morgan fingerprint density at radius 2 is 1.65 bits per heavy atom. The van der Waals surface area contributed by atoms with Crippen LogP contribution >= 0.6 is 0 Å². The molecule has 43 heavy (non-hydrogen) atoms. The van der Waals surface area contributed by atoms with E-state index >= 15 is 0 Å². The van der Waals surface area contributed by atoms with Crippen LogP contribution < -0.4 is 20.5 Å². The van der Waals surface area contributed by atoms with Crippen LogP contribution in [0.4, 0.5) is 13.2 Å². The summed E-state index contributed by atoms with van der Waals surface area (Å²) in [5.74, 6) is 2.13. The summed E-state index contributed by atoms with van der Waals surface area (Å²) in [5.41, 5.74) is 8.16. The second-order valence-electron chi connectivity index (χ2n) is 10.9. The van der Waals surface area contributed by atoms with Crippen LogP contribution in [0.3, 0.4) is 0 Å². The first-order chi connectivity index (χ1) is 20.6. The van der Waals surface area contributed by atoms with Gasteiger partial charge < -0.3 is 25.4 Å². The van der Waals surface area contributed by atoms with Gasteiger partial charge in [0.1, 0.15) is 11.7 Å². The quantitative estimate of drug-likeness (QED) is 0.363. The number of methoxy groups -OCH3 is 2. The maximum absolute atomic E-state index is 13.8. The summed E-state index contributed by atoms with van der Waals surface area (Å²) in [6.45, 7) is 1.14. The Bertz CT molecular complexity index is 1530. The fraction of sp³-hybridized carbons (Fsp3) is 0.333. The Balaban J connectivity index is 1.34. The third kappa shape index (κ3) is 6.63. The summed E-state index contributed by atoms with van der Waals surface area (Å²) < 4.78 is 50.6. The minimum absolute atomic E-state index is 0.0141. The molecular weight excluding hydrogens is 557 g/mol. The third-order valence-electron chi connectivity index (χ3n) is 8.24. The number of nitrogens with one attached hydrogen (secondary N) is 1. The van der Waals surface area contributed by atoms with E-state index in [1.54, 1.807) is 20.3 Å². The number of hydrogen-bond donors (Lipinski definition) is 2. The van der Waals surface area contributed by atoms with Crippen LogP contribution in [-0.4, -0.2) is 44.0 Å². The van der Waals surface area contributed by atoms with Gasteiger partial charge in [-0.1, -0.05) is 42.5 Å². The fourth-order valence-electron chi connectivity index (χ4n) is 5.82. The second-order valence-corrected chi connectivity index (χ2v) is 10.9. The van der Waals surface area contributed by atoms with Crippen molar-refractivity contribution in [2.24, 2.45) is 16.1 Å². The summed E-state index contributed by atoms with van der Waals surface area (Å²) >= 11 is 0. The normalized spacial score (nSPS) is 16.3. The van der Waals surface area contributed by atoms with Crippen molar-refractivity contribution in [3.8, 4) is 11.5 Å². The van der Waals surface area contributed by atoms with Crippen LogP contribution in [0.1, 0.15) is 40.7 Å². The number of likely N-dealkylation sites (tertiary alicyclic amines) is 1. The van der Waals surface area contributed by atoms with Crippen molar-refractivity contribution in [3.05, 3.63) is 106 Å². The molecule has 3 N–H and O–H groups in total. The van der Waals surface area contributed by atoms with Gasteiger partial charge in [-0.15, -0.1) is 0 Å². The van der Waals surface area contributed by atoms with Gasteiger partial charge in [-0.05, 0) is 72.7 Å². The highest BCUT2D eigenvalue weighted by molar-refractivity contribution is 6.00. The van der Waals surface area contributed by atoms with E-state index in [0.717, 1.165) is 34.6 Å². The molecule has 10 heteroatoms. The molecule has 2 aliphatic heterocycles. The largest absolute Gasteiger partial charge is 0.493 e. The van der Waals surface area contributed by atoms with Gasteiger partial charge in [0, 0.05) is 25.2 Å².